The van der Waals surface area contributed by atoms with Crippen molar-refractivity contribution in [2.45, 2.75) is 19.0 Å². The number of anilines is 1. The van der Waals surface area contributed by atoms with Gasteiger partial charge < -0.3 is 14.8 Å². The standard InChI is InChI=1S/C21H19F3N6O/c1-29-9-6-14-19(27-17(12-25)28-20(14)29)13-4-5-16(15(11-13)21(22,23)24)26-7-10-30-8-2-3-18(30)31/h4-6,9,11,26H,2-3,7-8,10H2,1H3. The fourth-order valence-corrected chi connectivity index (χ4v) is 3.75. The lowest BCUT2D eigenvalue weighted by Crippen LogP contribution is -2.30. The van der Waals surface area contributed by atoms with Crippen LogP contribution in [0, 0.1) is 11.3 Å². The van der Waals surface area contributed by atoms with Crippen molar-refractivity contribution in [2.24, 2.45) is 7.05 Å². The number of carbonyl (C=O) groups excluding carboxylic acids is 1. The van der Waals surface area contributed by atoms with Gasteiger partial charge in [0.1, 0.15) is 11.7 Å². The van der Waals surface area contributed by atoms with Crippen LogP contribution in [0.15, 0.2) is 30.5 Å². The van der Waals surface area contributed by atoms with E-state index in [1.54, 1.807) is 28.8 Å². The monoisotopic (exact) mass is 428 g/mol. The third-order valence-electron chi connectivity index (χ3n) is 5.29. The summed E-state index contributed by atoms with van der Waals surface area (Å²) in [4.78, 5) is 21.6. The summed E-state index contributed by atoms with van der Waals surface area (Å²) in [6.07, 6.45) is -1.62. The molecule has 0 spiro atoms. The molecule has 0 bridgehead atoms. The number of amides is 1. The molecule has 3 heterocycles. The topological polar surface area (TPSA) is 86.8 Å². The van der Waals surface area contributed by atoms with Gasteiger partial charge in [-0.2, -0.15) is 18.4 Å². The van der Waals surface area contributed by atoms with E-state index in [0.29, 0.717) is 30.5 Å². The molecule has 0 radical (unpaired) electrons. The van der Waals surface area contributed by atoms with Gasteiger partial charge in [-0.1, -0.05) is 6.07 Å². The number of aryl methyl sites for hydroxylation is 1. The molecule has 1 fully saturated rings. The van der Waals surface area contributed by atoms with Crippen LogP contribution in [0.5, 0.6) is 0 Å². The van der Waals surface area contributed by atoms with E-state index in [0.717, 1.165) is 12.5 Å². The van der Waals surface area contributed by atoms with Gasteiger partial charge in [0.15, 0.2) is 0 Å². The van der Waals surface area contributed by atoms with Crippen LogP contribution in [-0.2, 0) is 18.0 Å². The number of alkyl halides is 3. The van der Waals surface area contributed by atoms with Gasteiger partial charge in [0.25, 0.3) is 0 Å². The predicted octanol–water partition coefficient (Wildman–Crippen LogP) is 3.56. The molecule has 1 aliphatic heterocycles. The van der Waals surface area contributed by atoms with E-state index in [9.17, 15) is 23.2 Å². The molecular formula is C21H19F3N6O. The molecule has 1 N–H and O–H groups in total. The Morgan fingerprint density at radius 3 is 2.74 bits per heavy atom. The first-order valence-corrected chi connectivity index (χ1v) is 9.74. The van der Waals surface area contributed by atoms with Crippen LogP contribution in [-0.4, -0.2) is 45.0 Å². The molecule has 1 aromatic carbocycles. The van der Waals surface area contributed by atoms with Crippen LogP contribution in [0.2, 0.25) is 0 Å². The van der Waals surface area contributed by atoms with E-state index in [-0.39, 0.29) is 35.2 Å². The molecule has 3 aromatic rings. The molecule has 10 heteroatoms. The zero-order chi connectivity index (χ0) is 22.2. The van der Waals surface area contributed by atoms with E-state index < -0.39 is 11.7 Å². The number of nitrogens with one attached hydrogen (secondary N) is 1. The molecule has 0 aliphatic carbocycles. The third-order valence-corrected chi connectivity index (χ3v) is 5.29. The number of fused-ring (bicyclic) bond motifs is 1. The highest BCUT2D eigenvalue weighted by Crippen LogP contribution is 2.38. The molecule has 1 aliphatic rings. The van der Waals surface area contributed by atoms with Crippen molar-refractivity contribution in [1.29, 1.82) is 5.26 Å². The van der Waals surface area contributed by atoms with Crippen LogP contribution in [0.4, 0.5) is 18.9 Å². The van der Waals surface area contributed by atoms with E-state index >= 15 is 0 Å². The lowest BCUT2D eigenvalue weighted by Gasteiger charge is -2.19. The minimum atomic E-state index is -4.59. The van der Waals surface area contributed by atoms with E-state index in [1.807, 2.05) is 6.07 Å². The quantitative estimate of drug-likeness (QED) is 0.672. The fourth-order valence-electron chi connectivity index (χ4n) is 3.75. The molecule has 2 aromatic heterocycles. The lowest BCUT2D eigenvalue weighted by atomic mass is 10.0. The van der Waals surface area contributed by atoms with Crippen molar-refractivity contribution in [2.75, 3.05) is 25.0 Å². The maximum absolute atomic E-state index is 13.8. The predicted molar refractivity (Wildman–Crippen MR) is 108 cm³/mol. The van der Waals surface area contributed by atoms with Crippen molar-refractivity contribution >= 4 is 22.6 Å². The Balaban J connectivity index is 1.69. The molecule has 1 saturated heterocycles. The summed E-state index contributed by atoms with van der Waals surface area (Å²) in [5.41, 5.74) is 0.0675. The average Bonchev–Trinajstić information content (AvgIpc) is 3.32. The second-order valence-corrected chi connectivity index (χ2v) is 7.34. The van der Waals surface area contributed by atoms with Gasteiger partial charge in [-0.15, -0.1) is 0 Å². The summed E-state index contributed by atoms with van der Waals surface area (Å²) in [5.74, 6) is -0.0903. The number of halogens is 3. The van der Waals surface area contributed by atoms with Gasteiger partial charge in [0, 0.05) is 55.9 Å². The number of aromatic nitrogens is 3. The molecule has 0 unspecified atom stereocenters. The van der Waals surface area contributed by atoms with Crippen LogP contribution >= 0.6 is 0 Å². The molecule has 0 atom stereocenters. The normalized spacial score (nSPS) is 14.3. The Morgan fingerprint density at radius 1 is 1.26 bits per heavy atom. The Morgan fingerprint density at radius 2 is 2.06 bits per heavy atom. The molecular weight excluding hydrogens is 409 g/mol. The van der Waals surface area contributed by atoms with E-state index in [2.05, 4.69) is 15.3 Å². The van der Waals surface area contributed by atoms with Crippen molar-refractivity contribution in [1.82, 2.24) is 19.4 Å². The first kappa shape index (κ1) is 20.7. The Labute approximate surface area is 176 Å². The number of likely N-dealkylation sites (tertiary alicyclic amines) is 1. The molecule has 1 amide bonds. The first-order valence-electron chi connectivity index (χ1n) is 9.74. The average molecular weight is 428 g/mol. The second kappa shape index (κ2) is 7.91. The minimum Gasteiger partial charge on any atom is -0.383 e. The van der Waals surface area contributed by atoms with Crippen molar-refractivity contribution in [3.8, 4) is 17.3 Å². The Kier molecular flexibility index (Phi) is 5.27. The third kappa shape index (κ3) is 4.03. The van der Waals surface area contributed by atoms with Gasteiger partial charge in [-0.05, 0) is 24.6 Å². The SMILES string of the molecule is Cn1ccc2c(-c3ccc(NCCN4CCCC4=O)c(C(F)(F)F)c3)nc(C#N)nc21. The smallest absolute Gasteiger partial charge is 0.383 e. The molecule has 7 nitrogen and oxygen atoms in total. The minimum absolute atomic E-state index is 0.0251. The fraction of sp³-hybridized carbons (Fsp3) is 0.333. The van der Waals surface area contributed by atoms with Crippen molar-refractivity contribution in [3.63, 3.8) is 0 Å². The van der Waals surface area contributed by atoms with Gasteiger partial charge >= 0.3 is 6.18 Å². The van der Waals surface area contributed by atoms with Crippen LogP contribution in [0.1, 0.15) is 24.2 Å². The summed E-state index contributed by atoms with van der Waals surface area (Å²) in [5, 5.41) is 12.6. The number of benzene rings is 1. The van der Waals surface area contributed by atoms with E-state index in [1.165, 1.54) is 12.1 Å². The summed E-state index contributed by atoms with van der Waals surface area (Å²) in [6.45, 7) is 1.19. The summed E-state index contributed by atoms with van der Waals surface area (Å²) >= 11 is 0. The highest BCUT2D eigenvalue weighted by atomic mass is 19.4. The van der Waals surface area contributed by atoms with Crippen LogP contribution in [0.3, 0.4) is 0 Å². The zero-order valence-electron chi connectivity index (χ0n) is 16.7. The molecule has 160 valence electrons. The maximum Gasteiger partial charge on any atom is 0.418 e. The number of nitriles is 1. The summed E-state index contributed by atoms with van der Waals surface area (Å²) < 4.78 is 43.1. The highest BCUT2D eigenvalue weighted by Gasteiger charge is 2.34. The molecule has 31 heavy (non-hydrogen) atoms. The van der Waals surface area contributed by atoms with Gasteiger partial charge in [-0.3, -0.25) is 4.79 Å². The number of rotatable bonds is 5. The number of hydrogen-bond donors (Lipinski definition) is 1. The Hall–Kier alpha value is -3.61. The van der Waals surface area contributed by atoms with Crippen LogP contribution in [0.25, 0.3) is 22.3 Å². The first-order chi connectivity index (χ1) is 14.8. The van der Waals surface area contributed by atoms with Crippen molar-refractivity contribution in [3.05, 3.63) is 41.9 Å². The number of hydrogen-bond acceptors (Lipinski definition) is 5. The lowest BCUT2D eigenvalue weighted by molar-refractivity contribution is -0.137. The van der Waals surface area contributed by atoms with Gasteiger partial charge in [0.05, 0.1) is 11.3 Å². The van der Waals surface area contributed by atoms with Gasteiger partial charge in [-0.25, -0.2) is 9.97 Å². The summed E-state index contributed by atoms with van der Waals surface area (Å²) in [6, 6.07) is 7.48. The number of nitrogens with zero attached hydrogens (tertiary/aromatic N) is 5. The highest BCUT2D eigenvalue weighted by molar-refractivity contribution is 5.92. The maximum atomic E-state index is 13.8. The number of carbonyl (C=O) groups is 1. The molecule has 0 saturated carbocycles. The van der Waals surface area contributed by atoms with Crippen LogP contribution < -0.4 is 5.32 Å². The Bertz CT molecular complexity index is 1190. The van der Waals surface area contributed by atoms with Crippen molar-refractivity contribution < 1.29 is 18.0 Å². The summed E-state index contributed by atoms with van der Waals surface area (Å²) in [7, 11) is 1.74. The largest absolute Gasteiger partial charge is 0.418 e. The van der Waals surface area contributed by atoms with Gasteiger partial charge in [0.2, 0.25) is 11.7 Å². The molecule has 4 rings (SSSR count). The second-order valence-electron chi connectivity index (χ2n) is 7.34. The van der Waals surface area contributed by atoms with E-state index in [4.69, 9.17) is 0 Å². The zero-order valence-corrected chi connectivity index (χ0v) is 16.7.